The van der Waals surface area contributed by atoms with E-state index in [-0.39, 0.29) is 21.2 Å². The molecule has 0 saturated heterocycles. The predicted molar refractivity (Wildman–Crippen MR) is 132 cm³/mol. The Bertz CT molecular complexity index is 1400. The number of para-hydroxylation sites is 1. The largest absolute Gasteiger partial charge is 0.495 e. The third kappa shape index (κ3) is 3.92. The lowest BCUT2D eigenvalue weighted by molar-refractivity contribution is 0.395. The van der Waals surface area contributed by atoms with Crippen LogP contribution in [0.1, 0.15) is 5.56 Å². The molecule has 10 heteroatoms. The van der Waals surface area contributed by atoms with Crippen LogP contribution in [-0.4, -0.2) is 28.8 Å². The van der Waals surface area contributed by atoms with Gasteiger partial charge in [0.15, 0.2) is 0 Å². The van der Waals surface area contributed by atoms with E-state index in [9.17, 15) is 4.79 Å². The van der Waals surface area contributed by atoms with Crippen molar-refractivity contribution in [2.24, 2.45) is 7.05 Å². The zero-order valence-electron chi connectivity index (χ0n) is 18.4. The first kappa shape index (κ1) is 22.7. The van der Waals surface area contributed by atoms with E-state index >= 15 is 0 Å². The molecule has 0 atom stereocenters. The van der Waals surface area contributed by atoms with Crippen LogP contribution >= 0.6 is 23.2 Å². The Labute approximate surface area is 199 Å². The molecule has 4 rings (SSSR count). The van der Waals surface area contributed by atoms with Crippen LogP contribution in [0, 0.1) is 6.92 Å². The van der Waals surface area contributed by atoms with Crippen molar-refractivity contribution in [2.45, 2.75) is 6.92 Å². The highest BCUT2D eigenvalue weighted by atomic mass is 35.5. The van der Waals surface area contributed by atoms with Crippen molar-refractivity contribution in [1.82, 2.24) is 14.5 Å². The number of ether oxygens (including phenoxy) is 2. The van der Waals surface area contributed by atoms with Crippen LogP contribution in [0.25, 0.3) is 22.2 Å². The number of aromatic nitrogens is 3. The van der Waals surface area contributed by atoms with E-state index in [1.54, 1.807) is 31.4 Å². The quantitative estimate of drug-likeness (QED) is 0.385. The number of anilines is 3. The number of nitrogen functional groups attached to an aromatic ring is 1. The SMILES string of the molecule is COc1cc(OC)c(Cl)c(-c2cc3cnc(Nc4c(C)cccc4N)nc3n(C)c2=O)c1Cl. The van der Waals surface area contributed by atoms with Crippen LogP contribution < -0.4 is 26.1 Å². The lowest BCUT2D eigenvalue weighted by Crippen LogP contribution is -2.20. The van der Waals surface area contributed by atoms with Crippen LogP contribution in [0.15, 0.2) is 41.3 Å². The number of rotatable bonds is 5. The summed E-state index contributed by atoms with van der Waals surface area (Å²) in [7, 11) is 4.56. The number of methoxy groups -OCH3 is 2. The summed E-state index contributed by atoms with van der Waals surface area (Å²) < 4.78 is 12.1. The molecule has 0 aliphatic heterocycles. The van der Waals surface area contributed by atoms with Crippen molar-refractivity contribution in [1.29, 1.82) is 0 Å². The standard InChI is InChI=1S/C23H21Cl2N5O3/c1-11-6-5-7-14(26)20(11)28-23-27-10-12-8-13(22(31)30(2)21(12)29-23)17-18(24)15(32-3)9-16(33-4)19(17)25/h5-10H,26H2,1-4H3,(H,27,28,29). The molecule has 2 aromatic carbocycles. The molecule has 0 amide bonds. The van der Waals surface area contributed by atoms with Crippen molar-refractivity contribution in [3.63, 3.8) is 0 Å². The summed E-state index contributed by atoms with van der Waals surface area (Å²) in [6.07, 6.45) is 1.61. The first-order valence-electron chi connectivity index (χ1n) is 9.86. The van der Waals surface area contributed by atoms with Gasteiger partial charge in [-0.2, -0.15) is 4.98 Å². The Morgan fingerprint density at radius 2 is 1.76 bits per heavy atom. The molecule has 0 saturated carbocycles. The van der Waals surface area contributed by atoms with E-state index in [2.05, 4.69) is 15.3 Å². The normalized spacial score (nSPS) is 11.0. The fraction of sp³-hybridized carbons (Fsp3) is 0.174. The van der Waals surface area contributed by atoms with Gasteiger partial charge in [0.05, 0.1) is 41.2 Å². The number of hydrogen-bond donors (Lipinski definition) is 2. The lowest BCUT2D eigenvalue weighted by Gasteiger charge is -2.16. The molecule has 4 aromatic rings. The minimum atomic E-state index is -0.346. The average Bonchev–Trinajstić information content (AvgIpc) is 2.80. The topological polar surface area (TPSA) is 104 Å². The maximum atomic E-state index is 13.3. The second kappa shape index (κ2) is 8.80. The summed E-state index contributed by atoms with van der Waals surface area (Å²) in [5.41, 5.74) is 8.96. The number of halogens is 2. The summed E-state index contributed by atoms with van der Waals surface area (Å²) in [5, 5.41) is 4.16. The van der Waals surface area contributed by atoms with E-state index in [1.807, 2.05) is 19.1 Å². The number of nitrogens with one attached hydrogen (secondary N) is 1. The van der Waals surface area contributed by atoms with Crippen LogP contribution in [0.2, 0.25) is 10.0 Å². The van der Waals surface area contributed by atoms with Crippen molar-refractivity contribution in [3.8, 4) is 22.6 Å². The van der Waals surface area contributed by atoms with Crippen molar-refractivity contribution in [3.05, 3.63) is 62.5 Å². The van der Waals surface area contributed by atoms with Crippen LogP contribution in [0.3, 0.4) is 0 Å². The highest BCUT2D eigenvalue weighted by Gasteiger charge is 2.22. The number of nitrogens with two attached hydrogens (primary N) is 1. The smallest absolute Gasteiger partial charge is 0.259 e. The van der Waals surface area contributed by atoms with Crippen molar-refractivity contribution >= 4 is 51.6 Å². The van der Waals surface area contributed by atoms with Gasteiger partial charge < -0.3 is 20.5 Å². The molecule has 0 bridgehead atoms. The number of nitrogens with zero attached hydrogens (tertiary/aromatic N) is 3. The molecule has 170 valence electrons. The first-order chi connectivity index (χ1) is 15.8. The van der Waals surface area contributed by atoms with Gasteiger partial charge in [-0.05, 0) is 24.6 Å². The Balaban J connectivity index is 1.89. The van der Waals surface area contributed by atoms with Gasteiger partial charge in [0.2, 0.25) is 5.95 Å². The van der Waals surface area contributed by atoms with Gasteiger partial charge in [-0.1, -0.05) is 35.3 Å². The van der Waals surface area contributed by atoms with Crippen LogP contribution in [0.4, 0.5) is 17.3 Å². The molecule has 33 heavy (non-hydrogen) atoms. The highest BCUT2D eigenvalue weighted by Crippen LogP contribution is 2.45. The molecular weight excluding hydrogens is 465 g/mol. The van der Waals surface area contributed by atoms with Crippen molar-refractivity contribution in [2.75, 3.05) is 25.3 Å². The maximum absolute atomic E-state index is 13.3. The third-order valence-electron chi connectivity index (χ3n) is 5.33. The second-order valence-corrected chi connectivity index (χ2v) is 8.10. The number of hydrogen-bond acceptors (Lipinski definition) is 7. The summed E-state index contributed by atoms with van der Waals surface area (Å²) in [4.78, 5) is 22.3. The zero-order valence-corrected chi connectivity index (χ0v) is 19.9. The molecule has 2 aromatic heterocycles. The van der Waals surface area contributed by atoms with Gasteiger partial charge in [-0.15, -0.1) is 0 Å². The monoisotopic (exact) mass is 485 g/mol. The minimum absolute atomic E-state index is 0.203. The summed E-state index contributed by atoms with van der Waals surface area (Å²) in [6.45, 7) is 1.93. The molecule has 0 spiro atoms. The molecule has 2 heterocycles. The van der Waals surface area contributed by atoms with E-state index in [0.29, 0.717) is 45.4 Å². The summed E-state index contributed by atoms with van der Waals surface area (Å²) in [6, 6.07) is 8.80. The lowest BCUT2D eigenvalue weighted by atomic mass is 10.0. The van der Waals surface area contributed by atoms with Gasteiger partial charge >= 0.3 is 0 Å². The fourth-order valence-corrected chi connectivity index (χ4v) is 4.29. The van der Waals surface area contributed by atoms with E-state index in [0.717, 1.165) is 5.56 Å². The Hall–Kier alpha value is -3.49. The zero-order chi connectivity index (χ0) is 23.9. The highest BCUT2D eigenvalue weighted by molar-refractivity contribution is 6.41. The number of fused-ring (bicyclic) bond motifs is 1. The van der Waals surface area contributed by atoms with Crippen LogP contribution in [-0.2, 0) is 7.05 Å². The minimum Gasteiger partial charge on any atom is -0.495 e. The fourth-order valence-electron chi connectivity index (χ4n) is 3.58. The van der Waals surface area contributed by atoms with Crippen molar-refractivity contribution < 1.29 is 9.47 Å². The Kier molecular flexibility index (Phi) is 6.05. The molecule has 0 unspecified atom stereocenters. The van der Waals surface area contributed by atoms with E-state index < -0.39 is 0 Å². The third-order valence-corrected chi connectivity index (χ3v) is 6.08. The molecular formula is C23H21Cl2N5O3. The second-order valence-electron chi connectivity index (χ2n) is 7.34. The molecule has 0 aliphatic carbocycles. The number of pyridine rings is 1. The Morgan fingerprint density at radius 1 is 1.09 bits per heavy atom. The molecule has 0 fully saturated rings. The molecule has 0 radical (unpaired) electrons. The maximum Gasteiger partial charge on any atom is 0.259 e. The van der Waals surface area contributed by atoms with Gasteiger partial charge in [0, 0.05) is 30.3 Å². The predicted octanol–water partition coefficient (Wildman–Crippen LogP) is 4.95. The van der Waals surface area contributed by atoms with Crippen LogP contribution in [0.5, 0.6) is 11.5 Å². The van der Waals surface area contributed by atoms with E-state index in [4.69, 9.17) is 38.4 Å². The molecule has 8 nitrogen and oxygen atoms in total. The average molecular weight is 486 g/mol. The van der Waals surface area contributed by atoms with Gasteiger partial charge in [-0.25, -0.2) is 4.98 Å². The van der Waals surface area contributed by atoms with Gasteiger partial charge in [0.25, 0.3) is 5.56 Å². The van der Waals surface area contributed by atoms with E-state index in [1.165, 1.54) is 18.8 Å². The first-order valence-corrected chi connectivity index (χ1v) is 10.6. The molecule has 3 N–H and O–H groups in total. The van der Waals surface area contributed by atoms with Gasteiger partial charge in [0.1, 0.15) is 17.1 Å². The summed E-state index contributed by atoms with van der Waals surface area (Å²) in [5.74, 6) is 0.980. The summed E-state index contributed by atoms with van der Waals surface area (Å²) >= 11 is 13.1. The number of benzene rings is 2. The number of aryl methyl sites for hydroxylation is 2. The van der Waals surface area contributed by atoms with Gasteiger partial charge in [-0.3, -0.25) is 9.36 Å². The Morgan fingerprint density at radius 3 is 2.36 bits per heavy atom. The molecule has 0 aliphatic rings.